The van der Waals surface area contributed by atoms with Crippen molar-refractivity contribution in [1.82, 2.24) is 10.6 Å². The van der Waals surface area contributed by atoms with Gasteiger partial charge in [-0.15, -0.1) is 0 Å². The average Bonchev–Trinajstić information content (AvgIpc) is 2.98. The van der Waals surface area contributed by atoms with Crippen LogP contribution in [0.2, 0.25) is 0 Å². The summed E-state index contributed by atoms with van der Waals surface area (Å²) in [5.74, 6) is -0.658. The highest BCUT2D eigenvalue weighted by Gasteiger charge is 2.27. The van der Waals surface area contributed by atoms with Crippen molar-refractivity contribution in [1.29, 1.82) is 0 Å². The van der Waals surface area contributed by atoms with E-state index in [2.05, 4.69) is 10.6 Å². The standard InChI is InChI=1S/C32H38N4O5/c1-40-30(37)19-26-16-22-9-5-10-23(15-22)24-12-13-29(41-20-21-7-3-2-4-8-21)25(17-24)18-27(34)31(38)36-28(11-6-14-33)32(39)35-26/h2-5,7-10,12-13,15,17,26-28H,6,11,14,16,18-20,33-34H2,1H3,(H,35,39)(H,36,38)/t26?,27?,28-/m0/s1. The molecule has 2 amide bonds. The van der Waals surface area contributed by atoms with E-state index < -0.39 is 35.9 Å². The molecule has 4 rings (SSSR count). The molecule has 3 atom stereocenters. The molecule has 216 valence electrons. The number of hydrogen-bond acceptors (Lipinski definition) is 7. The highest BCUT2D eigenvalue weighted by molar-refractivity contribution is 5.90. The van der Waals surface area contributed by atoms with Crippen molar-refractivity contribution in [2.45, 2.75) is 56.8 Å². The summed E-state index contributed by atoms with van der Waals surface area (Å²) in [5.41, 5.74) is 16.7. The van der Waals surface area contributed by atoms with Gasteiger partial charge in [0.05, 0.1) is 19.6 Å². The van der Waals surface area contributed by atoms with Crippen LogP contribution < -0.4 is 26.8 Å². The van der Waals surface area contributed by atoms with Gasteiger partial charge in [0, 0.05) is 12.5 Å². The second-order valence-electron chi connectivity index (χ2n) is 10.3. The summed E-state index contributed by atoms with van der Waals surface area (Å²) in [7, 11) is 1.31. The van der Waals surface area contributed by atoms with Gasteiger partial charge in [-0.2, -0.15) is 0 Å². The molecule has 6 N–H and O–H groups in total. The lowest BCUT2D eigenvalue weighted by molar-refractivity contribution is -0.141. The number of rotatable bonds is 8. The van der Waals surface area contributed by atoms with Crippen LogP contribution in [-0.4, -0.2) is 49.6 Å². The Morgan fingerprint density at radius 2 is 1.71 bits per heavy atom. The molecule has 0 saturated heterocycles. The van der Waals surface area contributed by atoms with E-state index in [0.717, 1.165) is 27.8 Å². The monoisotopic (exact) mass is 558 g/mol. The van der Waals surface area contributed by atoms with Crippen molar-refractivity contribution in [3.8, 4) is 16.9 Å². The number of nitrogens with two attached hydrogens (primary N) is 2. The summed E-state index contributed by atoms with van der Waals surface area (Å²) in [6, 6.07) is 21.3. The molecule has 0 aliphatic carbocycles. The first-order chi connectivity index (χ1) is 19.9. The minimum Gasteiger partial charge on any atom is -0.489 e. The summed E-state index contributed by atoms with van der Waals surface area (Å²) >= 11 is 0. The van der Waals surface area contributed by atoms with Gasteiger partial charge < -0.3 is 31.6 Å². The van der Waals surface area contributed by atoms with Gasteiger partial charge >= 0.3 is 5.97 Å². The first kappa shape index (κ1) is 29.8. The number of hydrogen-bond donors (Lipinski definition) is 4. The largest absolute Gasteiger partial charge is 0.489 e. The number of ether oxygens (including phenoxy) is 2. The van der Waals surface area contributed by atoms with Gasteiger partial charge in [0.2, 0.25) is 11.8 Å². The van der Waals surface area contributed by atoms with Crippen LogP contribution in [0, 0.1) is 0 Å². The molecule has 4 bridgehead atoms. The quantitative estimate of drug-likeness (QED) is 0.311. The lowest BCUT2D eigenvalue weighted by Gasteiger charge is -2.24. The Hall–Kier alpha value is -4.21. The van der Waals surface area contributed by atoms with Crippen LogP contribution in [0.1, 0.15) is 36.0 Å². The van der Waals surface area contributed by atoms with Crippen LogP contribution in [0.5, 0.6) is 5.75 Å². The van der Waals surface area contributed by atoms with Crippen molar-refractivity contribution in [3.63, 3.8) is 0 Å². The number of carbonyl (C=O) groups is 3. The molecule has 1 aliphatic rings. The molecule has 0 radical (unpaired) electrons. The van der Waals surface area contributed by atoms with E-state index in [1.807, 2.05) is 72.8 Å². The van der Waals surface area contributed by atoms with E-state index in [-0.39, 0.29) is 12.8 Å². The Morgan fingerprint density at radius 3 is 2.46 bits per heavy atom. The highest BCUT2D eigenvalue weighted by Crippen LogP contribution is 2.29. The summed E-state index contributed by atoms with van der Waals surface area (Å²) in [4.78, 5) is 38.8. The number of carbonyl (C=O) groups excluding carboxylic acids is 3. The summed E-state index contributed by atoms with van der Waals surface area (Å²) in [5, 5.41) is 5.76. The van der Waals surface area contributed by atoms with Crippen molar-refractivity contribution in [2.75, 3.05) is 13.7 Å². The van der Waals surface area contributed by atoms with E-state index in [0.29, 0.717) is 38.2 Å². The SMILES string of the molecule is COC(=O)CC1Cc2cccc(c2)-c2ccc(OCc3ccccc3)c(c2)CC(N)C(=O)N[C@@H](CCCN)C(=O)N1. The third kappa shape index (κ3) is 8.39. The van der Waals surface area contributed by atoms with Gasteiger partial charge in [0.1, 0.15) is 18.4 Å². The highest BCUT2D eigenvalue weighted by atomic mass is 16.5. The van der Waals surface area contributed by atoms with Crippen LogP contribution in [0.25, 0.3) is 11.1 Å². The summed E-state index contributed by atoms with van der Waals surface area (Å²) < 4.78 is 11.1. The van der Waals surface area contributed by atoms with Gasteiger partial charge in [-0.3, -0.25) is 14.4 Å². The third-order valence-electron chi connectivity index (χ3n) is 7.13. The molecule has 3 aromatic carbocycles. The van der Waals surface area contributed by atoms with E-state index in [9.17, 15) is 14.4 Å². The average molecular weight is 559 g/mol. The first-order valence-electron chi connectivity index (χ1n) is 13.9. The molecular weight excluding hydrogens is 520 g/mol. The molecule has 0 aromatic heterocycles. The van der Waals surface area contributed by atoms with E-state index in [4.69, 9.17) is 20.9 Å². The predicted octanol–water partition coefficient (Wildman–Crippen LogP) is 2.63. The Bertz CT molecular complexity index is 1350. The van der Waals surface area contributed by atoms with Gasteiger partial charge in [0.15, 0.2) is 0 Å². The van der Waals surface area contributed by atoms with E-state index in [1.165, 1.54) is 7.11 Å². The van der Waals surface area contributed by atoms with Crippen LogP contribution in [0.3, 0.4) is 0 Å². The zero-order chi connectivity index (χ0) is 29.2. The van der Waals surface area contributed by atoms with E-state index >= 15 is 0 Å². The maximum Gasteiger partial charge on any atom is 0.307 e. The first-order valence-corrected chi connectivity index (χ1v) is 13.9. The van der Waals surface area contributed by atoms with Crippen molar-refractivity contribution >= 4 is 17.8 Å². The predicted molar refractivity (Wildman–Crippen MR) is 157 cm³/mol. The maximum atomic E-state index is 13.4. The molecule has 9 heteroatoms. The topological polar surface area (TPSA) is 146 Å². The van der Waals surface area contributed by atoms with Crippen LogP contribution in [-0.2, 0) is 38.6 Å². The maximum absolute atomic E-state index is 13.4. The fourth-order valence-corrected chi connectivity index (χ4v) is 4.92. The normalized spacial score (nSPS) is 19.2. The molecule has 0 fully saturated rings. The molecule has 1 heterocycles. The number of fused-ring (bicyclic) bond motifs is 5. The summed E-state index contributed by atoms with van der Waals surface area (Å²) in [6.07, 6.45) is 1.46. The van der Waals surface area contributed by atoms with Gasteiger partial charge in [0.25, 0.3) is 0 Å². The Morgan fingerprint density at radius 1 is 0.927 bits per heavy atom. The van der Waals surface area contributed by atoms with E-state index in [1.54, 1.807) is 0 Å². The zero-order valence-electron chi connectivity index (χ0n) is 23.3. The van der Waals surface area contributed by atoms with Gasteiger partial charge in [-0.25, -0.2) is 0 Å². The molecule has 1 aliphatic heterocycles. The molecule has 41 heavy (non-hydrogen) atoms. The van der Waals surface area contributed by atoms with Crippen molar-refractivity contribution in [3.05, 3.63) is 89.5 Å². The number of amides is 2. The lowest BCUT2D eigenvalue weighted by atomic mass is 9.95. The molecular formula is C32H38N4O5. The molecule has 0 spiro atoms. The molecule has 2 unspecified atom stereocenters. The molecule has 3 aromatic rings. The van der Waals surface area contributed by atoms with Crippen LogP contribution in [0.4, 0.5) is 0 Å². The van der Waals surface area contributed by atoms with Gasteiger partial charge in [-0.05, 0) is 65.8 Å². The van der Waals surface area contributed by atoms with Crippen LogP contribution >= 0.6 is 0 Å². The Balaban J connectivity index is 1.71. The third-order valence-corrected chi connectivity index (χ3v) is 7.13. The fourth-order valence-electron chi connectivity index (χ4n) is 4.92. The molecule has 0 saturated carbocycles. The minimum atomic E-state index is -0.931. The molecule has 9 nitrogen and oxygen atoms in total. The number of methoxy groups -OCH3 is 1. The number of esters is 1. The van der Waals surface area contributed by atoms with Crippen molar-refractivity contribution < 1.29 is 23.9 Å². The minimum absolute atomic E-state index is 0.0128. The van der Waals surface area contributed by atoms with Crippen molar-refractivity contribution in [2.24, 2.45) is 11.5 Å². The zero-order valence-corrected chi connectivity index (χ0v) is 23.3. The number of nitrogens with one attached hydrogen (secondary N) is 2. The second kappa shape index (κ2) is 14.4. The Kier molecular flexibility index (Phi) is 10.5. The van der Waals surface area contributed by atoms with Crippen LogP contribution in [0.15, 0.2) is 72.8 Å². The lowest BCUT2D eigenvalue weighted by Crippen LogP contribution is -2.54. The van der Waals surface area contributed by atoms with Gasteiger partial charge in [-0.1, -0.05) is 60.7 Å². The fraction of sp³-hybridized carbons (Fsp3) is 0.344. The number of benzene rings is 3. The Labute approximate surface area is 240 Å². The summed E-state index contributed by atoms with van der Waals surface area (Å²) in [6.45, 7) is 0.728. The smallest absolute Gasteiger partial charge is 0.307 e. The second-order valence-corrected chi connectivity index (χ2v) is 10.3.